The van der Waals surface area contributed by atoms with E-state index < -0.39 is 5.82 Å². The van der Waals surface area contributed by atoms with Gasteiger partial charge in [0, 0.05) is 22.9 Å². The first kappa shape index (κ1) is 12.5. The number of amides is 1. The molecule has 19 heavy (non-hydrogen) atoms. The molecule has 4 heteroatoms. The van der Waals surface area contributed by atoms with Crippen LogP contribution in [0.3, 0.4) is 0 Å². The first-order valence-electron chi connectivity index (χ1n) is 6.92. The van der Waals surface area contributed by atoms with Crippen LogP contribution in [0, 0.1) is 24.6 Å². The number of rotatable bonds is 4. The number of nitrogens with two attached hydrogens (primary N) is 1. The van der Waals surface area contributed by atoms with Crippen molar-refractivity contribution in [3.05, 3.63) is 29.1 Å². The van der Waals surface area contributed by atoms with Crippen molar-refractivity contribution in [1.29, 1.82) is 0 Å². The molecule has 1 aromatic rings. The molecule has 0 aromatic heterocycles. The number of hydrogen-bond acceptors (Lipinski definition) is 2. The van der Waals surface area contributed by atoms with Crippen LogP contribution in [0.25, 0.3) is 0 Å². The number of halogens is 1. The first-order valence-corrected chi connectivity index (χ1v) is 6.92. The van der Waals surface area contributed by atoms with Crippen molar-refractivity contribution in [1.82, 2.24) is 5.32 Å². The van der Waals surface area contributed by atoms with Gasteiger partial charge in [0.1, 0.15) is 5.82 Å². The van der Waals surface area contributed by atoms with Gasteiger partial charge in [-0.15, -0.1) is 0 Å². The Labute approximate surface area is 112 Å². The minimum absolute atomic E-state index is 0.200. The van der Waals surface area contributed by atoms with Crippen molar-refractivity contribution in [3.63, 3.8) is 0 Å². The molecule has 3 N–H and O–H groups in total. The number of carbonyl (C=O) groups is 1. The average molecular weight is 262 g/mol. The number of nitrogen functional groups attached to an aromatic ring is 1. The van der Waals surface area contributed by atoms with Gasteiger partial charge in [0.15, 0.2) is 0 Å². The lowest BCUT2D eigenvalue weighted by molar-refractivity contribution is 0.0926. The van der Waals surface area contributed by atoms with E-state index in [1.54, 1.807) is 13.0 Å². The van der Waals surface area contributed by atoms with E-state index in [4.69, 9.17) is 5.73 Å². The minimum atomic E-state index is -0.417. The van der Waals surface area contributed by atoms with Crippen molar-refractivity contribution in [3.8, 4) is 0 Å². The zero-order chi connectivity index (χ0) is 13.6. The molecule has 1 amide bonds. The van der Waals surface area contributed by atoms with Gasteiger partial charge in [0.25, 0.3) is 5.91 Å². The van der Waals surface area contributed by atoms with Gasteiger partial charge < -0.3 is 11.1 Å². The van der Waals surface area contributed by atoms with Crippen LogP contribution in [-0.4, -0.2) is 11.9 Å². The summed E-state index contributed by atoms with van der Waals surface area (Å²) in [7, 11) is 0. The zero-order valence-corrected chi connectivity index (χ0v) is 11.1. The van der Waals surface area contributed by atoms with Crippen LogP contribution >= 0.6 is 0 Å². The Bertz CT molecular complexity index is 486. The molecule has 0 saturated heterocycles. The summed E-state index contributed by atoms with van der Waals surface area (Å²) in [5.74, 6) is 0.641. The lowest BCUT2D eigenvalue weighted by Crippen LogP contribution is -2.38. The van der Waals surface area contributed by atoms with Gasteiger partial charge in [-0.25, -0.2) is 4.39 Å². The average Bonchev–Trinajstić information content (AvgIpc) is 3.25. The summed E-state index contributed by atoms with van der Waals surface area (Å²) in [6, 6.07) is 3.11. The summed E-state index contributed by atoms with van der Waals surface area (Å²) in [5.41, 5.74) is 6.77. The van der Waals surface area contributed by atoms with Crippen molar-refractivity contribution in [2.45, 2.75) is 38.6 Å². The molecule has 1 aromatic carbocycles. The second kappa shape index (κ2) is 4.51. The second-order valence-corrected chi connectivity index (χ2v) is 5.85. The van der Waals surface area contributed by atoms with E-state index in [0.717, 1.165) is 0 Å². The van der Waals surface area contributed by atoms with E-state index in [-0.39, 0.29) is 11.9 Å². The molecular formula is C15H19FN2O. The van der Waals surface area contributed by atoms with Crippen LogP contribution in [0.5, 0.6) is 0 Å². The van der Waals surface area contributed by atoms with Gasteiger partial charge >= 0.3 is 0 Å². The molecule has 0 radical (unpaired) electrons. The summed E-state index contributed by atoms with van der Waals surface area (Å²) >= 11 is 0. The fourth-order valence-electron chi connectivity index (χ4n) is 2.60. The molecule has 0 heterocycles. The van der Waals surface area contributed by atoms with E-state index in [0.29, 0.717) is 28.7 Å². The summed E-state index contributed by atoms with van der Waals surface area (Å²) in [4.78, 5) is 12.2. The summed E-state index contributed by atoms with van der Waals surface area (Å²) in [5, 5.41) is 3.07. The lowest BCUT2D eigenvalue weighted by Gasteiger charge is -2.18. The van der Waals surface area contributed by atoms with Crippen LogP contribution < -0.4 is 11.1 Å². The Balaban J connectivity index is 1.76. The van der Waals surface area contributed by atoms with Crippen LogP contribution in [0.4, 0.5) is 10.1 Å². The maximum Gasteiger partial charge on any atom is 0.251 e. The lowest BCUT2D eigenvalue weighted by atomic mass is 10.1. The van der Waals surface area contributed by atoms with Crippen molar-refractivity contribution in [2.75, 3.05) is 5.73 Å². The van der Waals surface area contributed by atoms with E-state index in [2.05, 4.69) is 5.32 Å². The summed E-state index contributed by atoms with van der Waals surface area (Å²) < 4.78 is 13.6. The zero-order valence-electron chi connectivity index (χ0n) is 11.1. The fourth-order valence-corrected chi connectivity index (χ4v) is 2.60. The minimum Gasteiger partial charge on any atom is -0.398 e. The Morgan fingerprint density at radius 1 is 1.32 bits per heavy atom. The molecule has 0 spiro atoms. The Morgan fingerprint density at radius 3 is 2.37 bits per heavy atom. The molecule has 2 aliphatic carbocycles. The molecule has 0 unspecified atom stereocenters. The maximum atomic E-state index is 13.6. The van der Waals surface area contributed by atoms with Crippen LogP contribution in [-0.2, 0) is 0 Å². The quantitative estimate of drug-likeness (QED) is 0.820. The highest BCUT2D eigenvalue weighted by Gasteiger charge is 2.42. The topological polar surface area (TPSA) is 55.1 Å². The SMILES string of the molecule is Cc1c(N)cc(C(=O)NC(C2CC2)C2CC2)cc1F. The molecule has 0 aliphatic heterocycles. The van der Waals surface area contributed by atoms with Crippen molar-refractivity contribution < 1.29 is 9.18 Å². The number of hydrogen-bond donors (Lipinski definition) is 2. The Kier molecular flexibility index (Phi) is 2.96. The van der Waals surface area contributed by atoms with Gasteiger partial charge in [-0.3, -0.25) is 4.79 Å². The highest BCUT2D eigenvalue weighted by atomic mass is 19.1. The molecule has 2 saturated carbocycles. The first-order chi connectivity index (χ1) is 9.06. The maximum absolute atomic E-state index is 13.6. The van der Waals surface area contributed by atoms with Gasteiger partial charge in [-0.05, 0) is 56.6 Å². The van der Waals surface area contributed by atoms with Gasteiger partial charge in [0.05, 0.1) is 0 Å². The molecule has 0 bridgehead atoms. The third-order valence-corrected chi connectivity index (χ3v) is 4.20. The normalized spacial score (nSPS) is 18.7. The van der Waals surface area contributed by atoms with E-state index in [1.807, 2.05) is 0 Å². The molecule has 2 fully saturated rings. The Morgan fingerprint density at radius 2 is 1.89 bits per heavy atom. The van der Waals surface area contributed by atoms with Gasteiger partial charge in [0.2, 0.25) is 0 Å². The summed E-state index contributed by atoms with van der Waals surface area (Å²) in [6.45, 7) is 1.61. The number of benzene rings is 1. The van der Waals surface area contributed by atoms with Crippen molar-refractivity contribution >= 4 is 11.6 Å². The monoisotopic (exact) mass is 262 g/mol. The van der Waals surface area contributed by atoms with Crippen LogP contribution in [0.1, 0.15) is 41.6 Å². The smallest absolute Gasteiger partial charge is 0.251 e. The number of anilines is 1. The predicted molar refractivity (Wildman–Crippen MR) is 72.3 cm³/mol. The van der Waals surface area contributed by atoms with Gasteiger partial charge in [-0.2, -0.15) is 0 Å². The van der Waals surface area contributed by atoms with E-state index >= 15 is 0 Å². The molecule has 0 atom stereocenters. The highest BCUT2D eigenvalue weighted by Crippen LogP contribution is 2.44. The Hall–Kier alpha value is -1.58. The largest absolute Gasteiger partial charge is 0.398 e. The molecule has 2 aliphatic rings. The van der Waals surface area contributed by atoms with E-state index in [1.165, 1.54) is 31.7 Å². The third-order valence-electron chi connectivity index (χ3n) is 4.20. The molecule has 3 rings (SSSR count). The van der Waals surface area contributed by atoms with Crippen LogP contribution in [0.2, 0.25) is 0 Å². The fraction of sp³-hybridized carbons (Fsp3) is 0.533. The van der Waals surface area contributed by atoms with Gasteiger partial charge in [-0.1, -0.05) is 0 Å². The van der Waals surface area contributed by atoms with Crippen molar-refractivity contribution in [2.24, 2.45) is 11.8 Å². The predicted octanol–water partition coefficient (Wildman–Crippen LogP) is 2.63. The summed E-state index contributed by atoms with van der Waals surface area (Å²) in [6.07, 6.45) is 4.80. The molecule has 102 valence electrons. The standard InChI is InChI=1S/C15H19FN2O/c1-8-12(16)6-11(7-13(8)17)15(19)18-14(9-2-3-9)10-4-5-10/h6-7,9-10,14H,2-5,17H2,1H3,(H,18,19). The molecule has 3 nitrogen and oxygen atoms in total. The number of nitrogens with one attached hydrogen (secondary N) is 1. The van der Waals surface area contributed by atoms with E-state index in [9.17, 15) is 9.18 Å². The third kappa shape index (κ3) is 2.57. The molecular weight excluding hydrogens is 243 g/mol. The second-order valence-electron chi connectivity index (χ2n) is 5.85. The van der Waals surface area contributed by atoms with Crippen LogP contribution in [0.15, 0.2) is 12.1 Å². The number of carbonyl (C=O) groups excluding carboxylic acids is 1. The highest BCUT2D eigenvalue weighted by molar-refractivity contribution is 5.95.